The van der Waals surface area contributed by atoms with Gasteiger partial charge < -0.3 is 5.32 Å². The first-order valence-corrected chi connectivity index (χ1v) is 9.36. The van der Waals surface area contributed by atoms with Gasteiger partial charge in [-0.1, -0.05) is 80.4 Å². The van der Waals surface area contributed by atoms with Crippen molar-refractivity contribution >= 4 is 5.91 Å². The van der Waals surface area contributed by atoms with Crippen LogP contribution in [0.5, 0.6) is 0 Å². The molecule has 2 atom stereocenters. The third kappa shape index (κ3) is 4.93. The normalized spacial score (nSPS) is 20.4. The van der Waals surface area contributed by atoms with Gasteiger partial charge in [0.25, 0.3) is 0 Å². The number of amides is 1. The van der Waals surface area contributed by atoms with Crippen LogP contribution in [0.25, 0.3) is 0 Å². The van der Waals surface area contributed by atoms with Crippen molar-refractivity contribution < 1.29 is 4.79 Å². The summed E-state index contributed by atoms with van der Waals surface area (Å²) < 4.78 is 0. The van der Waals surface area contributed by atoms with Crippen LogP contribution in [0, 0.1) is 5.92 Å². The molecule has 0 bridgehead atoms. The van der Waals surface area contributed by atoms with Gasteiger partial charge in [0.2, 0.25) is 5.91 Å². The van der Waals surface area contributed by atoms with Gasteiger partial charge in [-0.15, -0.1) is 0 Å². The standard InChI is InChI=1S/C22H28N2O/c1-17-10-8-9-15-20(17)24-21(25)16-23-22(18-11-4-2-5-12-18)19-13-6-3-7-14-19/h2-7,11-14,17,20,22-23H,8-10,15-16H2,1H3,(H,24,25). The van der Waals surface area contributed by atoms with E-state index < -0.39 is 0 Å². The van der Waals surface area contributed by atoms with Gasteiger partial charge in [0, 0.05) is 6.04 Å². The van der Waals surface area contributed by atoms with Crippen molar-refractivity contribution in [2.24, 2.45) is 5.92 Å². The van der Waals surface area contributed by atoms with Gasteiger partial charge in [0.05, 0.1) is 12.6 Å². The Labute approximate surface area is 150 Å². The quantitative estimate of drug-likeness (QED) is 0.835. The van der Waals surface area contributed by atoms with Crippen LogP contribution >= 0.6 is 0 Å². The number of rotatable bonds is 6. The van der Waals surface area contributed by atoms with E-state index in [1.54, 1.807) is 0 Å². The summed E-state index contributed by atoms with van der Waals surface area (Å²) in [5.74, 6) is 0.673. The summed E-state index contributed by atoms with van der Waals surface area (Å²) in [4.78, 5) is 12.5. The molecule has 1 aliphatic carbocycles. The highest BCUT2D eigenvalue weighted by molar-refractivity contribution is 5.78. The Bertz CT molecular complexity index is 617. The molecule has 2 aromatic carbocycles. The molecule has 2 N–H and O–H groups in total. The second kappa shape index (κ2) is 8.82. The third-order valence-electron chi connectivity index (χ3n) is 5.19. The van der Waals surface area contributed by atoms with E-state index in [9.17, 15) is 4.79 Å². The molecule has 0 aliphatic heterocycles. The van der Waals surface area contributed by atoms with Crippen LogP contribution < -0.4 is 10.6 Å². The van der Waals surface area contributed by atoms with Gasteiger partial charge in [-0.25, -0.2) is 0 Å². The zero-order valence-corrected chi connectivity index (χ0v) is 14.9. The number of hydrogen-bond donors (Lipinski definition) is 2. The minimum Gasteiger partial charge on any atom is -0.352 e. The van der Waals surface area contributed by atoms with E-state index in [2.05, 4.69) is 41.8 Å². The maximum absolute atomic E-state index is 12.5. The topological polar surface area (TPSA) is 41.1 Å². The van der Waals surface area contributed by atoms with Crippen molar-refractivity contribution in [3.05, 3.63) is 71.8 Å². The summed E-state index contributed by atoms with van der Waals surface area (Å²) in [6.07, 6.45) is 4.83. The third-order valence-corrected chi connectivity index (χ3v) is 5.19. The lowest BCUT2D eigenvalue weighted by Gasteiger charge is -2.30. The average molecular weight is 336 g/mol. The molecule has 0 spiro atoms. The molecule has 3 heteroatoms. The van der Waals surface area contributed by atoms with Crippen LogP contribution in [0.15, 0.2) is 60.7 Å². The lowest BCUT2D eigenvalue weighted by atomic mass is 9.86. The molecule has 1 aliphatic rings. The second-order valence-corrected chi connectivity index (χ2v) is 7.07. The largest absolute Gasteiger partial charge is 0.352 e. The second-order valence-electron chi connectivity index (χ2n) is 7.07. The molecular weight excluding hydrogens is 308 g/mol. The van der Waals surface area contributed by atoms with Crippen LogP contribution in [0.3, 0.4) is 0 Å². The van der Waals surface area contributed by atoms with Crippen LogP contribution in [0.2, 0.25) is 0 Å². The molecule has 1 saturated carbocycles. The number of carbonyl (C=O) groups is 1. The zero-order valence-electron chi connectivity index (χ0n) is 14.9. The molecule has 1 fully saturated rings. The smallest absolute Gasteiger partial charge is 0.234 e. The molecule has 1 amide bonds. The Morgan fingerprint density at radius 3 is 2.08 bits per heavy atom. The average Bonchev–Trinajstić information content (AvgIpc) is 2.66. The first kappa shape index (κ1) is 17.7. The van der Waals surface area contributed by atoms with Gasteiger partial charge in [0.15, 0.2) is 0 Å². The van der Waals surface area contributed by atoms with Crippen molar-refractivity contribution in [2.75, 3.05) is 6.54 Å². The SMILES string of the molecule is CC1CCCCC1NC(=O)CNC(c1ccccc1)c1ccccc1. The minimum atomic E-state index is 0.0249. The van der Waals surface area contributed by atoms with Gasteiger partial charge in [-0.2, -0.15) is 0 Å². The maximum Gasteiger partial charge on any atom is 0.234 e. The first-order chi connectivity index (χ1) is 12.2. The van der Waals surface area contributed by atoms with E-state index in [0.717, 1.165) is 6.42 Å². The predicted molar refractivity (Wildman–Crippen MR) is 102 cm³/mol. The number of carbonyl (C=O) groups excluding carboxylic acids is 1. The molecule has 132 valence electrons. The minimum absolute atomic E-state index is 0.0249. The molecule has 0 radical (unpaired) electrons. The Balaban J connectivity index is 1.64. The lowest BCUT2D eigenvalue weighted by Crippen LogP contribution is -2.45. The van der Waals surface area contributed by atoms with E-state index >= 15 is 0 Å². The fourth-order valence-electron chi connectivity index (χ4n) is 3.70. The summed E-state index contributed by atoms with van der Waals surface area (Å²) in [7, 11) is 0. The van der Waals surface area contributed by atoms with Crippen LogP contribution in [0.4, 0.5) is 0 Å². The van der Waals surface area contributed by atoms with Crippen molar-refractivity contribution in [3.63, 3.8) is 0 Å². The van der Waals surface area contributed by atoms with Crippen molar-refractivity contribution in [3.8, 4) is 0 Å². The molecule has 0 heterocycles. The van der Waals surface area contributed by atoms with Gasteiger partial charge >= 0.3 is 0 Å². The Kier molecular flexibility index (Phi) is 6.24. The van der Waals surface area contributed by atoms with E-state index in [1.807, 2.05) is 36.4 Å². The highest BCUT2D eigenvalue weighted by Gasteiger charge is 2.23. The van der Waals surface area contributed by atoms with Crippen molar-refractivity contribution in [2.45, 2.75) is 44.7 Å². The lowest BCUT2D eigenvalue weighted by molar-refractivity contribution is -0.121. The van der Waals surface area contributed by atoms with Crippen molar-refractivity contribution in [1.29, 1.82) is 0 Å². The molecule has 2 unspecified atom stereocenters. The summed E-state index contributed by atoms with van der Waals surface area (Å²) in [5.41, 5.74) is 2.35. The number of hydrogen-bond acceptors (Lipinski definition) is 2. The molecule has 25 heavy (non-hydrogen) atoms. The van der Waals surface area contributed by atoms with E-state index in [1.165, 1.54) is 30.4 Å². The van der Waals surface area contributed by atoms with Crippen LogP contribution in [-0.2, 0) is 4.79 Å². The van der Waals surface area contributed by atoms with Crippen LogP contribution in [0.1, 0.15) is 49.8 Å². The molecule has 0 saturated heterocycles. The summed E-state index contributed by atoms with van der Waals surface area (Å²) in [6, 6.07) is 21.0. The summed E-state index contributed by atoms with van der Waals surface area (Å²) in [5, 5.41) is 6.67. The highest BCUT2D eigenvalue weighted by Crippen LogP contribution is 2.24. The van der Waals surface area contributed by atoms with E-state index in [-0.39, 0.29) is 11.9 Å². The van der Waals surface area contributed by atoms with Gasteiger partial charge in [-0.3, -0.25) is 10.1 Å². The predicted octanol–water partition coefficient (Wildman–Crippen LogP) is 4.06. The Morgan fingerprint density at radius 1 is 0.960 bits per heavy atom. The summed E-state index contributed by atoms with van der Waals surface area (Å²) >= 11 is 0. The van der Waals surface area contributed by atoms with Gasteiger partial charge in [-0.05, 0) is 29.9 Å². The monoisotopic (exact) mass is 336 g/mol. The molecule has 3 nitrogen and oxygen atoms in total. The first-order valence-electron chi connectivity index (χ1n) is 9.36. The Hall–Kier alpha value is -2.13. The fraction of sp³-hybridized carbons (Fsp3) is 0.409. The zero-order chi connectivity index (χ0) is 17.5. The fourth-order valence-corrected chi connectivity index (χ4v) is 3.70. The number of nitrogens with one attached hydrogen (secondary N) is 2. The van der Waals surface area contributed by atoms with E-state index in [0.29, 0.717) is 18.5 Å². The number of benzene rings is 2. The van der Waals surface area contributed by atoms with Crippen molar-refractivity contribution in [1.82, 2.24) is 10.6 Å². The molecular formula is C22H28N2O. The summed E-state index contributed by atoms with van der Waals surface area (Å²) in [6.45, 7) is 2.58. The molecule has 3 rings (SSSR count). The maximum atomic E-state index is 12.5. The molecule has 2 aromatic rings. The van der Waals surface area contributed by atoms with E-state index in [4.69, 9.17) is 0 Å². The molecule has 0 aromatic heterocycles. The Morgan fingerprint density at radius 2 is 1.52 bits per heavy atom. The van der Waals surface area contributed by atoms with Gasteiger partial charge in [0.1, 0.15) is 0 Å². The highest BCUT2D eigenvalue weighted by atomic mass is 16.2. The van der Waals surface area contributed by atoms with Crippen LogP contribution in [-0.4, -0.2) is 18.5 Å².